The second-order valence-electron chi connectivity index (χ2n) is 5.97. The van der Waals surface area contributed by atoms with Crippen molar-refractivity contribution in [3.8, 4) is 0 Å². The highest BCUT2D eigenvalue weighted by Crippen LogP contribution is 2.20. The molecule has 1 fully saturated rings. The number of carbonyl (C=O) groups excluding carboxylic acids is 2. The number of nitrogens with two attached hydrogens (primary N) is 1. The molecule has 0 bridgehead atoms. The Hall–Kier alpha value is -2.34. The number of rotatable bonds is 6. The van der Waals surface area contributed by atoms with E-state index in [4.69, 9.17) is 5.73 Å². The van der Waals surface area contributed by atoms with Gasteiger partial charge in [0.1, 0.15) is 12.1 Å². The van der Waals surface area contributed by atoms with Crippen molar-refractivity contribution in [3.05, 3.63) is 36.0 Å². The van der Waals surface area contributed by atoms with Gasteiger partial charge in [0.25, 0.3) is 0 Å². The number of fused-ring (bicyclic) bond motifs is 1. The highest BCUT2D eigenvalue weighted by Gasteiger charge is 2.33. The summed E-state index contributed by atoms with van der Waals surface area (Å²) in [6.45, 7) is 0.603. The van der Waals surface area contributed by atoms with E-state index in [1.54, 1.807) is 0 Å². The fourth-order valence-corrected chi connectivity index (χ4v) is 3.04. The zero-order chi connectivity index (χ0) is 16.2. The van der Waals surface area contributed by atoms with Crippen molar-refractivity contribution in [1.29, 1.82) is 0 Å². The minimum atomic E-state index is -0.521. The molecule has 0 aliphatic carbocycles. The van der Waals surface area contributed by atoms with E-state index in [-0.39, 0.29) is 11.8 Å². The molecule has 2 amide bonds. The summed E-state index contributed by atoms with van der Waals surface area (Å²) in [6.07, 6.45) is 4.71. The van der Waals surface area contributed by atoms with Crippen LogP contribution in [0.2, 0.25) is 0 Å². The molecule has 23 heavy (non-hydrogen) atoms. The number of hydrogen-bond acceptors (Lipinski definition) is 3. The number of aromatic nitrogens is 1. The molecule has 0 saturated carbocycles. The fraction of sp³-hybridized carbons (Fsp3) is 0.412. The lowest BCUT2D eigenvalue weighted by atomic mass is 9.99. The molecule has 1 aliphatic heterocycles. The third-order valence-electron chi connectivity index (χ3n) is 4.31. The van der Waals surface area contributed by atoms with Gasteiger partial charge in [0, 0.05) is 23.5 Å². The summed E-state index contributed by atoms with van der Waals surface area (Å²) in [5, 5.41) is 6.77. The largest absolute Gasteiger partial charge is 0.361 e. The standard InChI is InChI=1S/C17H22N4O2/c18-8-4-3-7-14-16(22)21-15(17(23)20-14)9-11-10-19-13-6-2-1-5-12(11)13/h1-2,5-6,10,14-15,19H,3-4,7-9,18H2,(H,20,23)(H,21,22). The van der Waals surface area contributed by atoms with Gasteiger partial charge in [-0.05, 0) is 37.4 Å². The first-order valence-electron chi connectivity index (χ1n) is 8.05. The van der Waals surface area contributed by atoms with Crippen LogP contribution >= 0.6 is 0 Å². The van der Waals surface area contributed by atoms with E-state index in [1.165, 1.54) is 0 Å². The average Bonchev–Trinajstić information content (AvgIpc) is 2.95. The lowest BCUT2D eigenvalue weighted by molar-refractivity contribution is -0.136. The molecule has 1 aliphatic rings. The minimum Gasteiger partial charge on any atom is -0.361 e. The van der Waals surface area contributed by atoms with Crippen LogP contribution in [-0.4, -0.2) is 35.4 Å². The Labute approximate surface area is 134 Å². The Bertz CT molecular complexity index is 709. The van der Waals surface area contributed by atoms with E-state index in [2.05, 4.69) is 15.6 Å². The first kappa shape index (κ1) is 15.6. The molecule has 122 valence electrons. The van der Waals surface area contributed by atoms with Crippen LogP contribution in [0.1, 0.15) is 24.8 Å². The maximum Gasteiger partial charge on any atom is 0.243 e. The number of hydrogen-bond donors (Lipinski definition) is 4. The number of benzene rings is 1. The van der Waals surface area contributed by atoms with Gasteiger partial charge in [-0.3, -0.25) is 9.59 Å². The van der Waals surface area contributed by atoms with Crippen LogP contribution in [0.3, 0.4) is 0 Å². The Morgan fingerprint density at radius 2 is 1.74 bits per heavy atom. The Morgan fingerprint density at radius 1 is 1.00 bits per heavy atom. The van der Waals surface area contributed by atoms with Gasteiger partial charge in [-0.1, -0.05) is 18.2 Å². The number of piperazine rings is 1. The molecule has 3 rings (SSSR count). The molecule has 0 radical (unpaired) electrons. The van der Waals surface area contributed by atoms with Gasteiger partial charge >= 0.3 is 0 Å². The Morgan fingerprint density at radius 3 is 2.57 bits per heavy atom. The van der Waals surface area contributed by atoms with Gasteiger partial charge in [-0.15, -0.1) is 0 Å². The van der Waals surface area contributed by atoms with E-state index in [9.17, 15) is 9.59 Å². The van der Waals surface area contributed by atoms with Crippen molar-refractivity contribution in [2.24, 2.45) is 5.73 Å². The molecule has 1 aromatic carbocycles. The Kier molecular flexibility index (Phi) is 4.62. The number of unbranched alkanes of at least 4 members (excludes halogenated alkanes) is 1. The van der Waals surface area contributed by atoms with Crippen LogP contribution in [0.25, 0.3) is 10.9 Å². The topological polar surface area (TPSA) is 100 Å². The smallest absolute Gasteiger partial charge is 0.243 e. The monoisotopic (exact) mass is 314 g/mol. The number of nitrogens with one attached hydrogen (secondary N) is 3. The van der Waals surface area contributed by atoms with Crippen molar-refractivity contribution in [3.63, 3.8) is 0 Å². The van der Waals surface area contributed by atoms with E-state index in [0.29, 0.717) is 19.4 Å². The van der Waals surface area contributed by atoms with Crippen LogP contribution in [-0.2, 0) is 16.0 Å². The Balaban J connectivity index is 1.66. The number of para-hydroxylation sites is 1. The van der Waals surface area contributed by atoms with Crippen LogP contribution in [0.15, 0.2) is 30.5 Å². The summed E-state index contributed by atoms with van der Waals surface area (Å²) in [4.78, 5) is 27.6. The molecule has 6 nitrogen and oxygen atoms in total. The van der Waals surface area contributed by atoms with Crippen molar-refractivity contribution in [2.75, 3.05) is 6.54 Å². The molecule has 2 aromatic rings. The maximum absolute atomic E-state index is 12.3. The third-order valence-corrected chi connectivity index (χ3v) is 4.31. The van der Waals surface area contributed by atoms with Crippen molar-refractivity contribution >= 4 is 22.7 Å². The molecule has 2 heterocycles. The van der Waals surface area contributed by atoms with E-state index in [0.717, 1.165) is 29.3 Å². The number of amides is 2. The summed E-state index contributed by atoms with van der Waals surface area (Å²) < 4.78 is 0. The SMILES string of the molecule is NCCCCC1NC(=O)C(Cc2c[nH]c3ccccc23)NC1=O. The predicted octanol–water partition coefficient (Wildman–Crippen LogP) is 0.823. The summed E-state index contributed by atoms with van der Waals surface area (Å²) in [5.74, 6) is -0.223. The van der Waals surface area contributed by atoms with Gasteiger partial charge in [0.2, 0.25) is 11.8 Å². The third kappa shape index (κ3) is 3.37. The molecule has 2 atom stereocenters. The van der Waals surface area contributed by atoms with Gasteiger partial charge in [-0.2, -0.15) is 0 Å². The lowest BCUT2D eigenvalue weighted by Crippen LogP contribution is -2.62. The van der Waals surface area contributed by atoms with Crippen LogP contribution < -0.4 is 16.4 Å². The van der Waals surface area contributed by atoms with Crippen molar-refractivity contribution in [1.82, 2.24) is 15.6 Å². The maximum atomic E-state index is 12.3. The average molecular weight is 314 g/mol. The van der Waals surface area contributed by atoms with Crippen LogP contribution in [0, 0.1) is 0 Å². The van der Waals surface area contributed by atoms with Gasteiger partial charge in [0.15, 0.2) is 0 Å². The normalized spacial score (nSPS) is 21.3. The quantitative estimate of drug-likeness (QED) is 0.594. The zero-order valence-electron chi connectivity index (χ0n) is 13.0. The summed E-state index contributed by atoms with van der Waals surface area (Å²) in [5.41, 5.74) is 7.52. The highest BCUT2D eigenvalue weighted by atomic mass is 16.2. The van der Waals surface area contributed by atoms with Crippen molar-refractivity contribution < 1.29 is 9.59 Å². The first-order chi connectivity index (χ1) is 11.2. The summed E-state index contributed by atoms with van der Waals surface area (Å²) in [6, 6.07) is 6.97. The van der Waals surface area contributed by atoms with Crippen LogP contribution in [0.5, 0.6) is 0 Å². The first-order valence-corrected chi connectivity index (χ1v) is 8.05. The molecule has 6 heteroatoms. The van der Waals surface area contributed by atoms with Gasteiger partial charge in [-0.25, -0.2) is 0 Å². The molecule has 2 unspecified atom stereocenters. The van der Waals surface area contributed by atoms with Gasteiger partial charge in [0.05, 0.1) is 0 Å². The van der Waals surface area contributed by atoms with Gasteiger partial charge < -0.3 is 21.4 Å². The molecule has 1 saturated heterocycles. The molecule has 1 aromatic heterocycles. The molecular formula is C17H22N4O2. The zero-order valence-corrected chi connectivity index (χ0v) is 13.0. The minimum absolute atomic E-state index is 0.105. The number of aromatic amines is 1. The summed E-state index contributed by atoms with van der Waals surface area (Å²) >= 11 is 0. The fourth-order valence-electron chi connectivity index (χ4n) is 3.04. The highest BCUT2D eigenvalue weighted by molar-refractivity contribution is 5.97. The number of carbonyl (C=O) groups is 2. The lowest BCUT2D eigenvalue weighted by Gasteiger charge is -2.29. The van der Waals surface area contributed by atoms with E-state index < -0.39 is 12.1 Å². The molecule has 5 N–H and O–H groups in total. The van der Waals surface area contributed by atoms with Crippen molar-refractivity contribution in [2.45, 2.75) is 37.8 Å². The van der Waals surface area contributed by atoms with E-state index >= 15 is 0 Å². The second kappa shape index (κ2) is 6.83. The van der Waals surface area contributed by atoms with E-state index in [1.807, 2.05) is 30.5 Å². The molecule has 0 spiro atoms. The molecular weight excluding hydrogens is 292 g/mol. The number of H-pyrrole nitrogens is 1. The van der Waals surface area contributed by atoms with Crippen LogP contribution in [0.4, 0.5) is 0 Å². The predicted molar refractivity (Wildman–Crippen MR) is 88.8 cm³/mol. The second-order valence-corrected chi connectivity index (χ2v) is 5.97. The summed E-state index contributed by atoms with van der Waals surface area (Å²) in [7, 11) is 0.